The molecule has 21 heavy (non-hydrogen) atoms. The first-order valence-corrected chi connectivity index (χ1v) is 6.96. The van der Waals surface area contributed by atoms with Crippen LogP contribution in [-0.2, 0) is 0 Å². The van der Waals surface area contributed by atoms with Crippen LogP contribution in [0.2, 0.25) is 0 Å². The Bertz CT molecular complexity index is 791. The van der Waals surface area contributed by atoms with Gasteiger partial charge in [-0.05, 0) is 38.0 Å². The zero-order valence-electron chi connectivity index (χ0n) is 11.6. The van der Waals surface area contributed by atoms with E-state index < -0.39 is 0 Å². The van der Waals surface area contributed by atoms with Gasteiger partial charge in [0.2, 0.25) is 5.95 Å². The van der Waals surface area contributed by atoms with Gasteiger partial charge in [0.15, 0.2) is 0 Å². The summed E-state index contributed by atoms with van der Waals surface area (Å²) >= 11 is 0. The highest BCUT2D eigenvalue weighted by Gasteiger charge is 2.22. The van der Waals surface area contributed by atoms with Gasteiger partial charge in [0.25, 0.3) is 0 Å². The van der Waals surface area contributed by atoms with Crippen LogP contribution in [0.3, 0.4) is 0 Å². The van der Waals surface area contributed by atoms with E-state index in [2.05, 4.69) is 36.0 Å². The normalized spacial score (nSPS) is 14.3. The lowest BCUT2D eigenvalue weighted by Gasteiger charge is -2.10. The molecule has 1 fully saturated rings. The molecule has 0 unspecified atom stereocenters. The van der Waals surface area contributed by atoms with E-state index in [4.69, 9.17) is 0 Å². The minimum Gasteiger partial charge on any atom is -0.367 e. The minimum atomic E-state index is 0.568. The third kappa shape index (κ3) is 2.49. The third-order valence-corrected chi connectivity index (χ3v) is 3.46. The largest absolute Gasteiger partial charge is 0.367 e. The lowest BCUT2D eigenvalue weighted by Crippen LogP contribution is -2.07. The Hall–Kier alpha value is -2.70. The van der Waals surface area contributed by atoms with Crippen molar-refractivity contribution in [2.24, 2.45) is 0 Å². The fourth-order valence-corrected chi connectivity index (χ4v) is 2.12. The van der Waals surface area contributed by atoms with E-state index in [1.165, 1.54) is 12.8 Å². The second kappa shape index (κ2) is 4.69. The number of fused-ring (bicyclic) bond motifs is 1. The predicted octanol–water partition coefficient (Wildman–Crippen LogP) is 2.37. The highest BCUT2D eigenvalue weighted by molar-refractivity contribution is 5.78. The van der Waals surface area contributed by atoms with Crippen LogP contribution in [0.1, 0.15) is 18.4 Å². The molecule has 3 N–H and O–H groups in total. The number of aromatic nitrogens is 5. The van der Waals surface area contributed by atoms with Gasteiger partial charge in [0.1, 0.15) is 16.9 Å². The van der Waals surface area contributed by atoms with Crippen molar-refractivity contribution in [3.63, 3.8) is 0 Å². The predicted molar refractivity (Wildman–Crippen MR) is 80.6 cm³/mol. The number of H-pyrrole nitrogens is 1. The molecule has 1 aliphatic rings. The summed E-state index contributed by atoms with van der Waals surface area (Å²) in [6, 6.07) is 6.31. The molecular formula is C14H15N7. The molecule has 0 atom stereocenters. The molecule has 7 heteroatoms. The molecule has 2 aromatic heterocycles. The maximum atomic E-state index is 4.54. The number of nitrogens with zero attached hydrogens (tertiary/aromatic N) is 4. The number of hydrogen-bond donors (Lipinski definition) is 3. The molecule has 0 radical (unpaired) electrons. The monoisotopic (exact) mass is 281 g/mol. The summed E-state index contributed by atoms with van der Waals surface area (Å²) in [4.78, 5) is 8.86. The highest BCUT2D eigenvalue weighted by Crippen LogP contribution is 2.26. The number of hydrogen-bond acceptors (Lipinski definition) is 6. The molecule has 0 aliphatic heterocycles. The molecule has 3 aromatic rings. The van der Waals surface area contributed by atoms with Crippen molar-refractivity contribution < 1.29 is 0 Å². The number of benzene rings is 1. The molecule has 0 amide bonds. The van der Waals surface area contributed by atoms with E-state index in [1.54, 1.807) is 0 Å². The molecular weight excluding hydrogens is 266 g/mol. The van der Waals surface area contributed by atoms with Crippen molar-refractivity contribution in [3.05, 3.63) is 30.0 Å². The Morgan fingerprint density at radius 3 is 2.90 bits per heavy atom. The maximum absolute atomic E-state index is 4.54. The zero-order valence-corrected chi connectivity index (χ0v) is 11.6. The average Bonchev–Trinajstić information content (AvgIpc) is 3.17. The summed E-state index contributed by atoms with van der Waals surface area (Å²) in [6.45, 7) is 2.01. The Morgan fingerprint density at radius 1 is 1.19 bits per heavy atom. The van der Waals surface area contributed by atoms with Crippen LogP contribution in [0.4, 0.5) is 17.5 Å². The SMILES string of the molecule is Cc1cnc(Nc2ccc3n[nH]nc3c2)nc1NC1CC1. The van der Waals surface area contributed by atoms with E-state index in [1.807, 2.05) is 31.3 Å². The first-order chi connectivity index (χ1) is 10.3. The summed E-state index contributed by atoms with van der Waals surface area (Å²) in [5, 5.41) is 17.3. The molecule has 1 aromatic carbocycles. The second-order valence-corrected chi connectivity index (χ2v) is 5.30. The molecule has 1 aliphatic carbocycles. The lowest BCUT2D eigenvalue weighted by atomic mass is 10.3. The fourth-order valence-electron chi connectivity index (χ4n) is 2.12. The first-order valence-electron chi connectivity index (χ1n) is 6.96. The quantitative estimate of drug-likeness (QED) is 0.680. The number of aryl methyl sites for hydroxylation is 1. The molecule has 106 valence electrons. The van der Waals surface area contributed by atoms with E-state index in [0.717, 1.165) is 28.1 Å². The number of anilines is 3. The minimum absolute atomic E-state index is 0.568. The van der Waals surface area contributed by atoms with E-state index in [9.17, 15) is 0 Å². The zero-order chi connectivity index (χ0) is 14.2. The molecule has 0 saturated heterocycles. The van der Waals surface area contributed by atoms with Gasteiger partial charge < -0.3 is 10.6 Å². The summed E-state index contributed by atoms with van der Waals surface area (Å²) < 4.78 is 0. The van der Waals surface area contributed by atoms with Gasteiger partial charge >= 0.3 is 0 Å². The summed E-state index contributed by atoms with van der Waals surface area (Å²) in [5.41, 5.74) is 3.59. The number of nitrogens with one attached hydrogen (secondary N) is 3. The van der Waals surface area contributed by atoms with Crippen LogP contribution in [0.25, 0.3) is 11.0 Å². The van der Waals surface area contributed by atoms with E-state index in [0.29, 0.717) is 12.0 Å². The molecule has 0 spiro atoms. The van der Waals surface area contributed by atoms with Crippen molar-refractivity contribution >= 4 is 28.5 Å². The van der Waals surface area contributed by atoms with Crippen molar-refractivity contribution in [1.82, 2.24) is 25.4 Å². The Balaban J connectivity index is 1.60. The molecule has 2 heterocycles. The van der Waals surface area contributed by atoms with E-state index in [-0.39, 0.29) is 0 Å². The first kappa shape index (κ1) is 12.1. The van der Waals surface area contributed by atoms with Crippen molar-refractivity contribution in [3.8, 4) is 0 Å². The van der Waals surface area contributed by atoms with Crippen molar-refractivity contribution in [1.29, 1.82) is 0 Å². The second-order valence-electron chi connectivity index (χ2n) is 5.30. The third-order valence-electron chi connectivity index (χ3n) is 3.46. The molecule has 7 nitrogen and oxygen atoms in total. The van der Waals surface area contributed by atoms with Gasteiger partial charge in [-0.15, -0.1) is 0 Å². The van der Waals surface area contributed by atoms with Crippen LogP contribution >= 0.6 is 0 Å². The van der Waals surface area contributed by atoms with Gasteiger partial charge in [-0.1, -0.05) is 0 Å². The number of rotatable bonds is 4. The lowest BCUT2D eigenvalue weighted by molar-refractivity contribution is 0.959. The van der Waals surface area contributed by atoms with E-state index >= 15 is 0 Å². The standard InChI is InChI=1S/C14H15N7/c1-8-7-15-14(18-13(8)16-9-2-3-9)17-10-4-5-11-12(6-10)20-21-19-11/h4-7,9H,2-3H2,1H3,(H,19,20,21)(H2,15,16,17,18). The van der Waals surface area contributed by atoms with Gasteiger partial charge in [-0.2, -0.15) is 20.4 Å². The smallest absolute Gasteiger partial charge is 0.229 e. The van der Waals surface area contributed by atoms with Crippen LogP contribution in [0.5, 0.6) is 0 Å². The topological polar surface area (TPSA) is 91.4 Å². The van der Waals surface area contributed by atoms with Crippen LogP contribution < -0.4 is 10.6 Å². The Morgan fingerprint density at radius 2 is 2.05 bits per heavy atom. The Kier molecular flexibility index (Phi) is 2.70. The summed E-state index contributed by atoms with van der Waals surface area (Å²) in [6.07, 6.45) is 4.26. The average molecular weight is 281 g/mol. The molecule has 1 saturated carbocycles. The van der Waals surface area contributed by atoms with Gasteiger partial charge in [0, 0.05) is 23.5 Å². The highest BCUT2D eigenvalue weighted by atomic mass is 15.3. The van der Waals surface area contributed by atoms with Gasteiger partial charge in [-0.25, -0.2) is 4.98 Å². The molecule has 0 bridgehead atoms. The van der Waals surface area contributed by atoms with Gasteiger partial charge in [0.05, 0.1) is 0 Å². The van der Waals surface area contributed by atoms with Crippen molar-refractivity contribution in [2.75, 3.05) is 10.6 Å². The van der Waals surface area contributed by atoms with Crippen LogP contribution in [0, 0.1) is 6.92 Å². The molecule has 4 rings (SSSR count). The Labute approximate surface area is 121 Å². The van der Waals surface area contributed by atoms with Crippen LogP contribution in [-0.4, -0.2) is 31.4 Å². The number of aromatic amines is 1. The summed E-state index contributed by atoms with van der Waals surface area (Å²) in [7, 11) is 0. The van der Waals surface area contributed by atoms with Crippen molar-refractivity contribution in [2.45, 2.75) is 25.8 Å². The summed E-state index contributed by atoms with van der Waals surface area (Å²) in [5.74, 6) is 1.48. The van der Waals surface area contributed by atoms with Crippen LogP contribution in [0.15, 0.2) is 24.4 Å². The fraction of sp³-hybridized carbons (Fsp3) is 0.286. The van der Waals surface area contributed by atoms with Gasteiger partial charge in [-0.3, -0.25) is 0 Å². The maximum Gasteiger partial charge on any atom is 0.229 e.